The molecule has 1 aromatic rings. The zero-order valence-corrected chi connectivity index (χ0v) is 15.6. The Morgan fingerprint density at radius 3 is 2.40 bits per heavy atom. The average molecular weight is 365 g/mol. The van der Waals surface area contributed by atoms with Gasteiger partial charge in [-0.3, -0.25) is 9.59 Å². The summed E-state index contributed by atoms with van der Waals surface area (Å²) in [6.45, 7) is 6.67. The molecule has 0 heterocycles. The van der Waals surface area contributed by atoms with Crippen LogP contribution >= 0.6 is 0 Å². The van der Waals surface area contributed by atoms with Gasteiger partial charge in [0.1, 0.15) is 0 Å². The smallest absolute Gasteiger partial charge is 0.252 e. The van der Waals surface area contributed by atoms with E-state index < -0.39 is 27.4 Å². The van der Waals surface area contributed by atoms with E-state index in [1.165, 1.54) is 12.1 Å². The predicted octanol–water partition coefficient (Wildman–Crippen LogP) is 0.551. The summed E-state index contributed by atoms with van der Waals surface area (Å²) < 4.78 is 27.3. The van der Waals surface area contributed by atoms with Crippen molar-refractivity contribution in [3.05, 3.63) is 29.3 Å². The number of hydrogen-bond donors (Lipinski definition) is 3. The van der Waals surface area contributed by atoms with Gasteiger partial charge in [-0.2, -0.15) is 0 Å². The van der Waals surface area contributed by atoms with Crippen molar-refractivity contribution in [1.29, 1.82) is 0 Å². The van der Waals surface area contributed by atoms with Crippen LogP contribution in [0.5, 0.6) is 0 Å². The second-order valence-electron chi connectivity index (χ2n) is 6.50. The van der Waals surface area contributed by atoms with E-state index in [0.717, 1.165) is 0 Å². The Labute approximate surface area is 148 Å². The molecule has 0 aliphatic rings. The molecular formula is C17H23N3O4S. The number of terminal acetylenes is 1. The minimum Gasteiger partial charge on any atom is -0.344 e. The molecule has 7 nitrogen and oxygen atoms in total. The van der Waals surface area contributed by atoms with E-state index in [2.05, 4.69) is 21.3 Å². The van der Waals surface area contributed by atoms with Crippen molar-refractivity contribution >= 4 is 21.8 Å². The fraction of sp³-hybridized carbons (Fsp3) is 0.412. The van der Waals surface area contributed by atoms with E-state index in [-0.39, 0.29) is 23.5 Å². The molecule has 0 bridgehead atoms. The van der Waals surface area contributed by atoms with Gasteiger partial charge in [0.25, 0.3) is 5.91 Å². The Morgan fingerprint density at radius 1 is 1.20 bits per heavy atom. The van der Waals surface area contributed by atoms with Crippen molar-refractivity contribution in [3.63, 3.8) is 0 Å². The second kappa shape index (κ2) is 8.14. The van der Waals surface area contributed by atoms with Gasteiger partial charge in [0.2, 0.25) is 15.9 Å². The topological polar surface area (TPSA) is 104 Å². The predicted molar refractivity (Wildman–Crippen MR) is 95.4 cm³/mol. The van der Waals surface area contributed by atoms with Gasteiger partial charge in [0.15, 0.2) is 0 Å². The van der Waals surface area contributed by atoms with E-state index in [1.54, 1.807) is 33.8 Å². The Morgan fingerprint density at radius 2 is 1.84 bits per heavy atom. The van der Waals surface area contributed by atoms with Crippen molar-refractivity contribution in [1.82, 2.24) is 15.4 Å². The maximum Gasteiger partial charge on any atom is 0.252 e. The van der Waals surface area contributed by atoms with Crippen LogP contribution < -0.4 is 15.4 Å². The summed E-state index contributed by atoms with van der Waals surface area (Å²) in [6, 6.07) is 4.27. The first kappa shape index (κ1) is 20.7. The number of aryl methyl sites for hydroxylation is 1. The number of hydrogen-bond acceptors (Lipinski definition) is 4. The zero-order valence-electron chi connectivity index (χ0n) is 14.8. The molecule has 0 aromatic heterocycles. The highest BCUT2D eigenvalue weighted by molar-refractivity contribution is 7.89. The number of sulfonamides is 1. The molecular weight excluding hydrogens is 342 g/mol. The minimum atomic E-state index is -3.77. The van der Waals surface area contributed by atoms with Crippen molar-refractivity contribution < 1.29 is 18.0 Å². The minimum absolute atomic E-state index is 0.0186. The second-order valence-corrected chi connectivity index (χ2v) is 8.18. The number of amides is 2. The highest BCUT2D eigenvalue weighted by Gasteiger charge is 2.23. The maximum atomic E-state index is 12.4. The molecule has 136 valence electrons. The number of carbonyl (C=O) groups is 2. The lowest BCUT2D eigenvalue weighted by Gasteiger charge is -2.20. The normalized spacial score (nSPS) is 11.5. The van der Waals surface area contributed by atoms with Crippen molar-refractivity contribution in [2.45, 2.75) is 38.1 Å². The van der Waals surface area contributed by atoms with Gasteiger partial charge in [0.05, 0.1) is 18.0 Å². The molecule has 0 atom stereocenters. The van der Waals surface area contributed by atoms with Crippen LogP contribution in [-0.2, 0) is 14.8 Å². The summed E-state index contributed by atoms with van der Waals surface area (Å²) >= 11 is 0. The van der Waals surface area contributed by atoms with Crippen LogP contribution in [0.3, 0.4) is 0 Å². The molecule has 1 aromatic carbocycles. The van der Waals surface area contributed by atoms with Crippen LogP contribution in [0.25, 0.3) is 0 Å². The van der Waals surface area contributed by atoms with Crippen LogP contribution in [0.15, 0.2) is 23.1 Å². The van der Waals surface area contributed by atoms with Gasteiger partial charge in [-0.05, 0) is 45.4 Å². The zero-order chi connectivity index (χ0) is 19.3. The highest BCUT2D eigenvalue weighted by atomic mass is 32.2. The molecule has 0 radical (unpaired) electrons. The van der Waals surface area contributed by atoms with Crippen LogP contribution in [0, 0.1) is 19.3 Å². The van der Waals surface area contributed by atoms with E-state index >= 15 is 0 Å². The Hall–Kier alpha value is -2.37. The fourth-order valence-corrected chi connectivity index (χ4v) is 3.39. The largest absolute Gasteiger partial charge is 0.344 e. The number of rotatable bonds is 6. The van der Waals surface area contributed by atoms with Gasteiger partial charge >= 0.3 is 0 Å². The highest BCUT2D eigenvalue weighted by Crippen LogP contribution is 2.17. The average Bonchev–Trinajstić information content (AvgIpc) is 2.48. The summed E-state index contributed by atoms with van der Waals surface area (Å²) in [7, 11) is -3.77. The molecule has 0 aliphatic carbocycles. The molecule has 0 aliphatic heterocycles. The molecule has 0 saturated carbocycles. The lowest BCUT2D eigenvalue weighted by molar-refractivity contribution is -0.119. The Bertz CT molecular complexity index is 802. The molecule has 0 saturated heterocycles. The number of benzene rings is 1. The van der Waals surface area contributed by atoms with E-state index in [9.17, 15) is 18.0 Å². The van der Waals surface area contributed by atoms with Crippen molar-refractivity contribution in [2.75, 3.05) is 13.1 Å². The van der Waals surface area contributed by atoms with E-state index in [0.29, 0.717) is 5.56 Å². The number of carbonyl (C=O) groups excluding carboxylic acids is 2. The lowest BCUT2D eigenvalue weighted by atomic mass is 10.1. The first-order valence-electron chi connectivity index (χ1n) is 7.59. The van der Waals surface area contributed by atoms with Crippen molar-refractivity contribution in [3.8, 4) is 12.3 Å². The molecule has 0 spiro atoms. The fourth-order valence-electron chi connectivity index (χ4n) is 1.94. The third-order valence-corrected chi connectivity index (χ3v) is 4.76. The summed E-state index contributed by atoms with van der Waals surface area (Å²) in [4.78, 5) is 23.7. The summed E-state index contributed by atoms with van der Waals surface area (Å²) in [5, 5.41) is 4.86. The lowest BCUT2D eigenvalue weighted by Crippen LogP contribution is -2.40. The molecule has 25 heavy (non-hydrogen) atoms. The monoisotopic (exact) mass is 365 g/mol. The van der Waals surface area contributed by atoms with E-state index in [4.69, 9.17) is 6.42 Å². The van der Waals surface area contributed by atoms with Crippen LogP contribution in [0.4, 0.5) is 0 Å². The standard InChI is InChI=1S/C17H23N3O4S/c1-6-9-18-15(21)11-19-16(22)14-10-13(8-7-12(14)2)25(23,24)20-17(3,4)5/h1,7-8,10,20H,9,11H2,2-5H3,(H,18,21)(H,19,22). The van der Waals surface area contributed by atoms with Gasteiger partial charge in [-0.1, -0.05) is 12.0 Å². The molecule has 1 rings (SSSR count). The maximum absolute atomic E-state index is 12.4. The van der Waals surface area contributed by atoms with Crippen molar-refractivity contribution in [2.24, 2.45) is 0 Å². The van der Waals surface area contributed by atoms with Crippen LogP contribution in [0.1, 0.15) is 36.7 Å². The van der Waals surface area contributed by atoms with Crippen LogP contribution in [-0.4, -0.2) is 38.9 Å². The van der Waals surface area contributed by atoms with Crippen LogP contribution in [0.2, 0.25) is 0 Å². The molecule has 3 N–H and O–H groups in total. The summed E-state index contributed by atoms with van der Waals surface area (Å²) in [6.07, 6.45) is 5.03. The van der Waals surface area contributed by atoms with E-state index in [1.807, 2.05) is 0 Å². The SMILES string of the molecule is C#CCNC(=O)CNC(=O)c1cc(S(=O)(=O)NC(C)(C)C)ccc1C. The first-order chi connectivity index (χ1) is 11.5. The third-order valence-electron chi connectivity index (χ3n) is 3.00. The van der Waals surface area contributed by atoms with Gasteiger partial charge in [0, 0.05) is 11.1 Å². The first-order valence-corrected chi connectivity index (χ1v) is 9.07. The third kappa shape index (κ3) is 6.57. The van der Waals surface area contributed by atoms with Gasteiger partial charge < -0.3 is 10.6 Å². The summed E-state index contributed by atoms with van der Waals surface area (Å²) in [5.74, 6) is 1.28. The molecule has 0 unspecified atom stereocenters. The molecule has 0 fully saturated rings. The number of nitrogens with one attached hydrogen (secondary N) is 3. The molecule has 8 heteroatoms. The molecule has 2 amide bonds. The Kier molecular flexibility index (Phi) is 6.73. The van der Waals surface area contributed by atoms with Gasteiger partial charge in [-0.15, -0.1) is 6.42 Å². The van der Waals surface area contributed by atoms with Gasteiger partial charge in [-0.25, -0.2) is 13.1 Å². The Balaban J connectivity index is 2.96. The summed E-state index contributed by atoms with van der Waals surface area (Å²) in [5.41, 5.74) is 0.124. The quantitative estimate of drug-likeness (QED) is 0.640.